The fraction of sp³-hybridized carbons (Fsp3) is 0.154. The van der Waals surface area contributed by atoms with Gasteiger partial charge in [-0.3, -0.25) is 4.98 Å². The second-order valence-corrected chi connectivity index (χ2v) is 5.16. The van der Waals surface area contributed by atoms with E-state index >= 15 is 0 Å². The van der Waals surface area contributed by atoms with Crippen molar-refractivity contribution in [2.24, 2.45) is 0 Å². The van der Waals surface area contributed by atoms with Crippen LogP contribution in [0.5, 0.6) is 0 Å². The van der Waals surface area contributed by atoms with E-state index in [1.54, 1.807) is 12.4 Å². The van der Waals surface area contributed by atoms with E-state index in [-0.39, 0.29) is 0 Å². The molecule has 0 aliphatic carbocycles. The summed E-state index contributed by atoms with van der Waals surface area (Å²) in [5.74, 6) is 0. The van der Waals surface area contributed by atoms with E-state index in [9.17, 15) is 0 Å². The van der Waals surface area contributed by atoms with E-state index in [1.807, 2.05) is 25.2 Å². The maximum atomic E-state index is 6.02. The lowest BCUT2D eigenvalue weighted by Crippen LogP contribution is -2.17. The molecule has 0 saturated carbocycles. The average Bonchev–Trinajstić information content (AvgIpc) is 2.30. The molecule has 0 aliphatic rings. The number of nitrogens with zero attached hydrogens (tertiary/aromatic N) is 2. The number of halogens is 1. The summed E-state index contributed by atoms with van der Waals surface area (Å²) >= 11 is 2.26. The fourth-order valence-corrected chi connectivity index (χ4v) is 2.24. The van der Waals surface area contributed by atoms with Gasteiger partial charge < -0.3 is 10.6 Å². The van der Waals surface area contributed by atoms with E-state index in [0.717, 1.165) is 21.5 Å². The summed E-state index contributed by atoms with van der Waals surface area (Å²) in [6.07, 6.45) is 3.61. The topological polar surface area (TPSA) is 42.2 Å². The highest BCUT2D eigenvalue weighted by atomic mass is 127. The maximum absolute atomic E-state index is 6.02. The summed E-state index contributed by atoms with van der Waals surface area (Å²) in [5.41, 5.74) is 9.11. The minimum atomic E-state index is 0.813. The molecule has 0 radical (unpaired) electrons. The van der Waals surface area contributed by atoms with Crippen molar-refractivity contribution in [2.75, 3.05) is 17.7 Å². The van der Waals surface area contributed by atoms with E-state index in [2.05, 4.69) is 44.6 Å². The molecule has 0 atom stereocenters. The Kier molecular flexibility index (Phi) is 3.83. The van der Waals surface area contributed by atoms with Crippen molar-refractivity contribution >= 4 is 34.0 Å². The van der Waals surface area contributed by atoms with Crippen LogP contribution in [0, 0.1) is 3.57 Å². The number of hydrogen-bond donors (Lipinski definition) is 1. The zero-order valence-corrected chi connectivity index (χ0v) is 11.8. The summed E-state index contributed by atoms with van der Waals surface area (Å²) in [7, 11) is 2.04. The molecule has 0 fully saturated rings. The Bertz CT molecular complexity index is 499. The molecule has 0 bridgehead atoms. The Hall–Kier alpha value is -1.30. The van der Waals surface area contributed by atoms with Crippen LogP contribution < -0.4 is 10.6 Å². The number of nitrogens with two attached hydrogens (primary N) is 1. The normalized spacial score (nSPS) is 10.2. The van der Waals surface area contributed by atoms with Crippen molar-refractivity contribution in [1.29, 1.82) is 0 Å². The van der Waals surface area contributed by atoms with E-state index in [0.29, 0.717) is 0 Å². The van der Waals surface area contributed by atoms with Gasteiger partial charge in [0.1, 0.15) is 0 Å². The number of anilines is 2. The second-order valence-electron chi connectivity index (χ2n) is 3.91. The first-order valence-corrected chi connectivity index (χ1v) is 6.40. The van der Waals surface area contributed by atoms with Crippen LogP contribution >= 0.6 is 22.6 Å². The van der Waals surface area contributed by atoms with E-state index in [1.165, 1.54) is 5.56 Å². The van der Waals surface area contributed by atoms with Crippen LogP contribution in [0.1, 0.15) is 5.56 Å². The van der Waals surface area contributed by atoms with Crippen LogP contribution in [0.4, 0.5) is 11.4 Å². The molecule has 3 nitrogen and oxygen atoms in total. The molecule has 4 heteroatoms. The number of rotatable bonds is 3. The average molecular weight is 339 g/mol. The summed E-state index contributed by atoms with van der Waals surface area (Å²) < 4.78 is 1.15. The molecular weight excluding hydrogens is 325 g/mol. The molecule has 2 N–H and O–H groups in total. The van der Waals surface area contributed by atoms with Crippen LogP contribution in [0.15, 0.2) is 42.7 Å². The summed E-state index contributed by atoms with van der Waals surface area (Å²) in [6.45, 7) is 0.827. The zero-order chi connectivity index (χ0) is 12.3. The summed E-state index contributed by atoms with van der Waals surface area (Å²) in [6, 6.07) is 10.1. The van der Waals surface area contributed by atoms with Gasteiger partial charge >= 0.3 is 0 Å². The van der Waals surface area contributed by atoms with Crippen LogP contribution in [0.2, 0.25) is 0 Å². The number of pyridine rings is 1. The van der Waals surface area contributed by atoms with Crippen molar-refractivity contribution in [3.05, 3.63) is 51.9 Å². The van der Waals surface area contributed by atoms with Crippen molar-refractivity contribution in [3.63, 3.8) is 0 Å². The summed E-state index contributed by atoms with van der Waals surface area (Å²) in [4.78, 5) is 6.15. The highest BCUT2D eigenvalue weighted by Gasteiger charge is 2.06. The lowest BCUT2D eigenvalue weighted by molar-refractivity contribution is 0.921. The van der Waals surface area contributed by atoms with Gasteiger partial charge in [0.05, 0.1) is 11.4 Å². The first-order chi connectivity index (χ1) is 8.16. The van der Waals surface area contributed by atoms with Gasteiger partial charge in [0.15, 0.2) is 0 Å². The van der Waals surface area contributed by atoms with Gasteiger partial charge in [-0.25, -0.2) is 0 Å². The first kappa shape index (κ1) is 12.2. The first-order valence-electron chi connectivity index (χ1n) is 5.32. The third-order valence-corrected chi connectivity index (χ3v) is 3.24. The lowest BCUT2D eigenvalue weighted by Gasteiger charge is -2.21. The second kappa shape index (κ2) is 5.35. The van der Waals surface area contributed by atoms with Crippen LogP contribution in [-0.4, -0.2) is 12.0 Å². The smallest absolute Gasteiger partial charge is 0.0601 e. The van der Waals surface area contributed by atoms with Crippen LogP contribution in [0.25, 0.3) is 0 Å². The Labute approximate surface area is 115 Å². The van der Waals surface area contributed by atoms with Gasteiger partial charge in [0.25, 0.3) is 0 Å². The standard InChI is InChI=1S/C13H14IN3/c1-17(9-10-4-6-16-7-5-10)13-3-2-11(14)8-12(13)15/h2-8H,9,15H2,1H3. The van der Waals surface area contributed by atoms with Crippen molar-refractivity contribution in [2.45, 2.75) is 6.54 Å². The molecule has 2 rings (SSSR count). The molecule has 17 heavy (non-hydrogen) atoms. The number of benzene rings is 1. The fourth-order valence-electron chi connectivity index (χ4n) is 1.72. The van der Waals surface area contributed by atoms with Gasteiger partial charge in [0, 0.05) is 29.6 Å². The maximum Gasteiger partial charge on any atom is 0.0601 e. The third kappa shape index (κ3) is 3.09. The van der Waals surface area contributed by atoms with E-state index in [4.69, 9.17) is 5.73 Å². The van der Waals surface area contributed by atoms with Gasteiger partial charge in [-0.15, -0.1) is 0 Å². The largest absolute Gasteiger partial charge is 0.397 e. The Morgan fingerprint density at radius 2 is 1.94 bits per heavy atom. The zero-order valence-electron chi connectivity index (χ0n) is 9.60. The van der Waals surface area contributed by atoms with Gasteiger partial charge in [-0.2, -0.15) is 0 Å². The molecule has 2 aromatic rings. The molecule has 0 amide bonds. The van der Waals surface area contributed by atoms with Crippen molar-refractivity contribution in [1.82, 2.24) is 4.98 Å². The molecule has 0 saturated heterocycles. The number of nitrogen functional groups attached to an aromatic ring is 1. The molecule has 0 aliphatic heterocycles. The number of aromatic nitrogens is 1. The SMILES string of the molecule is CN(Cc1ccncc1)c1ccc(I)cc1N. The van der Waals surface area contributed by atoms with Gasteiger partial charge in [0.2, 0.25) is 0 Å². The molecule has 0 spiro atoms. The van der Waals surface area contributed by atoms with E-state index < -0.39 is 0 Å². The summed E-state index contributed by atoms with van der Waals surface area (Å²) in [5, 5.41) is 0. The molecule has 88 valence electrons. The molecular formula is C13H14IN3. The highest BCUT2D eigenvalue weighted by Crippen LogP contribution is 2.25. The van der Waals surface area contributed by atoms with Crippen LogP contribution in [-0.2, 0) is 6.54 Å². The van der Waals surface area contributed by atoms with Crippen molar-refractivity contribution in [3.8, 4) is 0 Å². The molecule has 1 heterocycles. The minimum absolute atomic E-state index is 0.813. The quantitative estimate of drug-likeness (QED) is 0.691. The molecule has 1 aromatic heterocycles. The Morgan fingerprint density at radius 3 is 2.59 bits per heavy atom. The Balaban J connectivity index is 2.17. The van der Waals surface area contributed by atoms with Gasteiger partial charge in [-0.05, 0) is 58.5 Å². The van der Waals surface area contributed by atoms with Crippen molar-refractivity contribution < 1.29 is 0 Å². The minimum Gasteiger partial charge on any atom is -0.397 e. The molecule has 1 aromatic carbocycles. The van der Waals surface area contributed by atoms with Crippen LogP contribution in [0.3, 0.4) is 0 Å². The molecule has 0 unspecified atom stereocenters. The van der Waals surface area contributed by atoms with Gasteiger partial charge in [-0.1, -0.05) is 0 Å². The highest BCUT2D eigenvalue weighted by molar-refractivity contribution is 14.1. The lowest BCUT2D eigenvalue weighted by atomic mass is 10.2. The number of hydrogen-bond acceptors (Lipinski definition) is 3. The predicted octanol–water partition coefficient (Wildman–Crippen LogP) is 2.90. The third-order valence-electron chi connectivity index (χ3n) is 2.57. The Morgan fingerprint density at radius 1 is 1.24 bits per heavy atom. The monoisotopic (exact) mass is 339 g/mol. The predicted molar refractivity (Wildman–Crippen MR) is 79.9 cm³/mol.